The van der Waals surface area contributed by atoms with Crippen LogP contribution in [0.2, 0.25) is 0 Å². The molecule has 0 spiro atoms. The van der Waals surface area contributed by atoms with Gasteiger partial charge in [-0.3, -0.25) is 18.8 Å². The van der Waals surface area contributed by atoms with Crippen molar-refractivity contribution in [2.24, 2.45) is 0 Å². The SMILES string of the molecule is O=c1c2cc(F)cnc2n(C2CCSCC2)c(=O)n1[C@H]1CC[C@@H](N(Cc2cn3ccccc3n2)Cc2cn3ccccc3n2)CC1. The number of imidazole rings is 2. The van der Waals surface area contributed by atoms with E-state index in [0.717, 1.165) is 66.1 Å². The molecule has 2 fully saturated rings. The van der Waals surface area contributed by atoms with E-state index in [-0.39, 0.29) is 29.2 Å². The summed E-state index contributed by atoms with van der Waals surface area (Å²) in [5.74, 6) is 1.32. The van der Waals surface area contributed by atoms with Crippen LogP contribution in [0, 0.1) is 5.82 Å². The maximum atomic E-state index is 14.4. The molecule has 6 aromatic heterocycles. The molecule has 8 rings (SSSR count). The van der Waals surface area contributed by atoms with Crippen LogP contribution in [0.5, 0.6) is 0 Å². The summed E-state index contributed by atoms with van der Waals surface area (Å²) in [5, 5.41) is 0.181. The molecule has 0 amide bonds. The van der Waals surface area contributed by atoms with E-state index in [0.29, 0.717) is 31.6 Å². The Morgan fingerprint density at radius 2 is 1.41 bits per heavy atom. The second kappa shape index (κ2) is 12.1. The lowest BCUT2D eigenvalue weighted by Gasteiger charge is -2.37. The van der Waals surface area contributed by atoms with Crippen LogP contribution >= 0.6 is 11.8 Å². The van der Waals surface area contributed by atoms with Crippen LogP contribution in [-0.4, -0.2) is 55.3 Å². The zero-order valence-corrected chi connectivity index (χ0v) is 26.2. The fourth-order valence-electron chi connectivity index (χ4n) is 7.34. The van der Waals surface area contributed by atoms with Crippen molar-refractivity contribution in [1.29, 1.82) is 0 Å². The van der Waals surface area contributed by atoms with Crippen LogP contribution in [0.3, 0.4) is 0 Å². The Labute approximate surface area is 268 Å². The highest BCUT2D eigenvalue weighted by Crippen LogP contribution is 2.33. The first kappa shape index (κ1) is 29.1. The van der Waals surface area contributed by atoms with Crippen molar-refractivity contribution >= 4 is 34.1 Å². The van der Waals surface area contributed by atoms with Crippen molar-refractivity contribution in [2.45, 2.75) is 69.7 Å². The Morgan fingerprint density at radius 1 is 0.804 bits per heavy atom. The van der Waals surface area contributed by atoms with Gasteiger partial charge in [0.15, 0.2) is 0 Å². The van der Waals surface area contributed by atoms with Gasteiger partial charge in [0.2, 0.25) is 0 Å². The number of fused-ring (bicyclic) bond motifs is 3. The van der Waals surface area contributed by atoms with E-state index in [9.17, 15) is 14.0 Å². The first-order valence-corrected chi connectivity index (χ1v) is 17.2. The minimum absolute atomic E-state index is 0.0521. The van der Waals surface area contributed by atoms with Crippen LogP contribution in [0.4, 0.5) is 4.39 Å². The van der Waals surface area contributed by atoms with Crippen molar-refractivity contribution in [1.82, 2.24) is 37.8 Å². The van der Waals surface area contributed by atoms with Gasteiger partial charge in [-0.2, -0.15) is 11.8 Å². The molecule has 6 aromatic rings. The maximum Gasteiger partial charge on any atom is 0.333 e. The number of pyridine rings is 3. The highest BCUT2D eigenvalue weighted by molar-refractivity contribution is 7.99. The summed E-state index contributed by atoms with van der Waals surface area (Å²) in [6.07, 6.45) is 13.9. The van der Waals surface area contributed by atoms with E-state index < -0.39 is 11.4 Å². The Kier molecular flexibility index (Phi) is 7.69. The van der Waals surface area contributed by atoms with E-state index in [1.807, 2.05) is 69.4 Å². The van der Waals surface area contributed by atoms with Gasteiger partial charge < -0.3 is 8.80 Å². The minimum atomic E-state index is -0.571. The highest BCUT2D eigenvalue weighted by Gasteiger charge is 2.32. The summed E-state index contributed by atoms with van der Waals surface area (Å²) in [7, 11) is 0. The molecule has 0 unspecified atom stereocenters. The summed E-state index contributed by atoms with van der Waals surface area (Å²) in [4.78, 5) is 44.4. The lowest BCUT2D eigenvalue weighted by Crippen LogP contribution is -2.46. The first-order chi connectivity index (χ1) is 22.5. The Morgan fingerprint density at radius 3 is 2.02 bits per heavy atom. The molecule has 0 aromatic carbocycles. The van der Waals surface area contributed by atoms with Gasteiger partial charge in [-0.25, -0.2) is 24.1 Å². The molecule has 0 N–H and O–H groups in total. The van der Waals surface area contributed by atoms with Gasteiger partial charge in [0.05, 0.1) is 23.0 Å². The average Bonchev–Trinajstić information content (AvgIpc) is 3.69. The van der Waals surface area contributed by atoms with Gasteiger partial charge in [0, 0.05) is 56.0 Å². The molecule has 0 atom stereocenters. The molecule has 12 heteroatoms. The summed E-state index contributed by atoms with van der Waals surface area (Å²) in [6, 6.07) is 13.1. The number of aromatic nitrogens is 7. The fourth-order valence-corrected chi connectivity index (χ4v) is 8.42. The molecule has 2 aliphatic rings. The van der Waals surface area contributed by atoms with Crippen molar-refractivity contribution in [3.05, 3.63) is 111 Å². The standard InChI is InChI=1S/C34H35FN8O2S/c35-23-17-29-32(36-18-23)42(28-11-15-46-16-12-28)34(45)43(33(29)44)27-9-7-26(8-10-27)41(21-24-19-39-13-3-1-5-30(39)37-24)22-25-20-40-14-4-2-6-31(40)38-25/h1-6,13-14,17-20,26-28H,7-12,15-16,21-22H2/t26-,27+. The van der Waals surface area contributed by atoms with Crippen LogP contribution in [0.1, 0.15) is 62.0 Å². The lowest BCUT2D eigenvalue weighted by molar-refractivity contribution is 0.118. The number of thioether (sulfide) groups is 1. The molecular weight excluding hydrogens is 603 g/mol. The predicted octanol–water partition coefficient (Wildman–Crippen LogP) is 5.25. The highest BCUT2D eigenvalue weighted by atomic mass is 32.2. The molecule has 7 heterocycles. The maximum absolute atomic E-state index is 14.4. The van der Waals surface area contributed by atoms with Gasteiger partial charge in [-0.15, -0.1) is 0 Å². The third-order valence-electron chi connectivity index (χ3n) is 9.58. The average molecular weight is 639 g/mol. The second-order valence-corrected chi connectivity index (χ2v) is 13.7. The molecule has 1 aliphatic heterocycles. The quantitative estimate of drug-likeness (QED) is 0.236. The van der Waals surface area contributed by atoms with Gasteiger partial charge >= 0.3 is 5.69 Å². The first-order valence-electron chi connectivity index (χ1n) is 16.0. The van der Waals surface area contributed by atoms with Crippen LogP contribution in [0.25, 0.3) is 22.3 Å². The van der Waals surface area contributed by atoms with E-state index in [4.69, 9.17) is 9.97 Å². The number of nitrogens with zero attached hydrogens (tertiary/aromatic N) is 8. The van der Waals surface area contributed by atoms with Crippen molar-refractivity contribution in [3.8, 4) is 0 Å². The third kappa shape index (κ3) is 5.43. The Hall–Kier alpha value is -4.29. The van der Waals surface area contributed by atoms with Gasteiger partial charge in [-0.1, -0.05) is 12.1 Å². The summed E-state index contributed by atoms with van der Waals surface area (Å²) in [6.45, 7) is 1.30. The molecule has 0 bridgehead atoms. The van der Waals surface area contributed by atoms with E-state index in [1.165, 1.54) is 10.6 Å². The lowest BCUT2D eigenvalue weighted by atomic mass is 9.89. The number of hydrogen-bond acceptors (Lipinski definition) is 7. The molecule has 1 saturated heterocycles. The zero-order chi connectivity index (χ0) is 31.2. The predicted molar refractivity (Wildman–Crippen MR) is 177 cm³/mol. The molecule has 1 aliphatic carbocycles. The summed E-state index contributed by atoms with van der Waals surface area (Å²) in [5.41, 5.74) is 3.30. The fraction of sp³-hybridized carbons (Fsp3) is 0.382. The molecule has 236 valence electrons. The summed E-state index contributed by atoms with van der Waals surface area (Å²) < 4.78 is 21.5. The second-order valence-electron chi connectivity index (χ2n) is 12.5. The molecule has 46 heavy (non-hydrogen) atoms. The van der Waals surface area contributed by atoms with Gasteiger partial charge in [0.1, 0.15) is 22.8 Å². The Balaban J connectivity index is 1.10. The van der Waals surface area contributed by atoms with E-state index >= 15 is 0 Å². The monoisotopic (exact) mass is 638 g/mol. The van der Waals surface area contributed by atoms with Crippen molar-refractivity contribution in [3.63, 3.8) is 0 Å². The van der Waals surface area contributed by atoms with Crippen molar-refractivity contribution in [2.75, 3.05) is 11.5 Å². The topological polar surface area (TPSA) is 94.7 Å². The Bertz CT molecular complexity index is 2010. The molecule has 1 saturated carbocycles. The largest absolute Gasteiger partial charge is 0.333 e. The molecule has 10 nitrogen and oxygen atoms in total. The van der Waals surface area contributed by atoms with E-state index in [1.54, 1.807) is 4.57 Å². The third-order valence-corrected chi connectivity index (χ3v) is 10.6. The normalized spacial score (nSPS) is 19.5. The number of halogens is 1. The number of hydrogen-bond donors (Lipinski definition) is 0. The van der Waals surface area contributed by atoms with Crippen LogP contribution in [-0.2, 0) is 13.1 Å². The molecule has 0 radical (unpaired) electrons. The van der Waals surface area contributed by atoms with Crippen LogP contribution in [0.15, 0.2) is 83.0 Å². The van der Waals surface area contributed by atoms with Crippen LogP contribution < -0.4 is 11.2 Å². The van der Waals surface area contributed by atoms with Gasteiger partial charge in [-0.05, 0) is 80.4 Å². The summed E-state index contributed by atoms with van der Waals surface area (Å²) >= 11 is 1.87. The van der Waals surface area contributed by atoms with E-state index in [2.05, 4.69) is 22.3 Å². The van der Waals surface area contributed by atoms with Crippen molar-refractivity contribution < 1.29 is 4.39 Å². The van der Waals surface area contributed by atoms with Gasteiger partial charge in [0.25, 0.3) is 5.56 Å². The zero-order valence-electron chi connectivity index (χ0n) is 25.4. The number of rotatable bonds is 7. The smallest absolute Gasteiger partial charge is 0.307 e. The molecular formula is C34H35FN8O2S. The minimum Gasteiger partial charge on any atom is -0.307 e.